The predicted octanol–water partition coefficient (Wildman–Crippen LogP) is 6.04. The van der Waals surface area contributed by atoms with Crippen molar-refractivity contribution in [1.29, 1.82) is 0 Å². The van der Waals surface area contributed by atoms with Crippen molar-refractivity contribution >= 4 is 39.0 Å². The molecule has 0 aliphatic heterocycles. The number of benzene rings is 2. The number of nitrogens with one attached hydrogen (secondary N) is 1. The highest BCUT2D eigenvalue weighted by atomic mass is 16.5. The molecule has 0 radical (unpaired) electrons. The molecule has 0 fully saturated rings. The summed E-state index contributed by atoms with van der Waals surface area (Å²) in [4.78, 5) is 17.4. The van der Waals surface area contributed by atoms with Gasteiger partial charge in [-0.3, -0.25) is 9.78 Å². The Morgan fingerprint density at radius 1 is 1.17 bits per heavy atom. The second kappa shape index (κ2) is 8.03. The summed E-state index contributed by atoms with van der Waals surface area (Å²) in [5.41, 5.74) is 5.96. The van der Waals surface area contributed by atoms with Gasteiger partial charge >= 0.3 is 0 Å². The quantitative estimate of drug-likeness (QED) is 0.415. The van der Waals surface area contributed by atoms with E-state index in [-0.39, 0.29) is 5.91 Å². The molecule has 0 aliphatic carbocycles. The van der Waals surface area contributed by atoms with E-state index >= 15 is 0 Å². The summed E-state index contributed by atoms with van der Waals surface area (Å²) >= 11 is 0. The van der Waals surface area contributed by atoms with Gasteiger partial charge in [0.25, 0.3) is 0 Å². The molecule has 5 nitrogen and oxygen atoms in total. The number of ether oxygens (including phenoxy) is 1. The van der Waals surface area contributed by atoms with Crippen LogP contribution in [0.25, 0.3) is 27.4 Å². The smallest absolute Gasteiger partial charge is 0.248 e. The van der Waals surface area contributed by atoms with Crippen LogP contribution >= 0.6 is 0 Å². The minimum atomic E-state index is -0.199. The summed E-state index contributed by atoms with van der Waals surface area (Å²) < 4.78 is 11.4. The number of rotatable bonds is 5. The van der Waals surface area contributed by atoms with Crippen molar-refractivity contribution in [3.05, 3.63) is 71.6 Å². The number of amides is 1. The van der Waals surface area contributed by atoms with E-state index in [0.29, 0.717) is 12.4 Å². The highest BCUT2D eigenvalue weighted by molar-refractivity contribution is 6.08. The van der Waals surface area contributed by atoms with Crippen LogP contribution in [0.2, 0.25) is 0 Å². The van der Waals surface area contributed by atoms with Crippen LogP contribution in [0.1, 0.15) is 30.7 Å². The number of hydrogen-bond donors (Lipinski definition) is 1. The third-order valence-corrected chi connectivity index (χ3v) is 5.04. The molecule has 0 saturated carbocycles. The summed E-state index contributed by atoms with van der Waals surface area (Å²) in [5, 5.41) is 4.93. The van der Waals surface area contributed by atoms with Crippen molar-refractivity contribution in [1.82, 2.24) is 4.98 Å². The fourth-order valence-corrected chi connectivity index (χ4v) is 3.62. The van der Waals surface area contributed by atoms with E-state index in [1.165, 1.54) is 0 Å². The van der Waals surface area contributed by atoms with Gasteiger partial charge in [0.05, 0.1) is 24.1 Å². The van der Waals surface area contributed by atoms with E-state index in [2.05, 4.69) is 10.3 Å². The first-order valence-corrected chi connectivity index (χ1v) is 9.97. The standard InChI is InChI=1S/C25H24N2O3/c1-5-29-23-13-24-20(16(3)14-30-24)12-19(23)15(2)10-25(28)27-22-11-17(4)26-21-9-7-6-8-18(21)22/h6-14H,5H2,1-4H3,(H,26,27,28)/b15-10+. The maximum absolute atomic E-state index is 12.8. The number of allylic oxidation sites excluding steroid dienone is 1. The first-order valence-electron chi connectivity index (χ1n) is 9.97. The number of nitrogens with zero attached hydrogens (tertiary/aromatic N) is 1. The van der Waals surface area contributed by atoms with Gasteiger partial charge in [-0.1, -0.05) is 18.2 Å². The Morgan fingerprint density at radius 3 is 2.77 bits per heavy atom. The van der Waals surface area contributed by atoms with E-state index in [1.807, 2.05) is 70.2 Å². The molecule has 0 unspecified atom stereocenters. The topological polar surface area (TPSA) is 64.4 Å². The minimum absolute atomic E-state index is 0.199. The zero-order valence-electron chi connectivity index (χ0n) is 17.6. The molecule has 5 heteroatoms. The minimum Gasteiger partial charge on any atom is -0.493 e. The molecule has 2 aromatic carbocycles. The number of aromatic nitrogens is 1. The van der Waals surface area contributed by atoms with Crippen LogP contribution in [0.4, 0.5) is 5.69 Å². The summed E-state index contributed by atoms with van der Waals surface area (Å²) in [6.45, 7) is 8.29. The van der Waals surface area contributed by atoms with Crippen molar-refractivity contribution in [3.8, 4) is 5.75 Å². The summed E-state index contributed by atoms with van der Waals surface area (Å²) in [6.07, 6.45) is 3.33. The number of carbonyl (C=O) groups excluding carboxylic acids is 1. The average Bonchev–Trinajstić information content (AvgIpc) is 3.07. The molecule has 152 valence electrons. The summed E-state index contributed by atoms with van der Waals surface area (Å²) in [5.74, 6) is 0.501. The van der Waals surface area contributed by atoms with Gasteiger partial charge in [-0.2, -0.15) is 0 Å². The van der Waals surface area contributed by atoms with Crippen LogP contribution in [-0.2, 0) is 4.79 Å². The lowest BCUT2D eigenvalue weighted by Crippen LogP contribution is -2.10. The second-order valence-electron chi connectivity index (χ2n) is 7.34. The molecule has 4 aromatic rings. The Morgan fingerprint density at radius 2 is 1.97 bits per heavy atom. The summed E-state index contributed by atoms with van der Waals surface area (Å²) in [7, 11) is 0. The number of para-hydroxylation sites is 1. The molecular weight excluding hydrogens is 376 g/mol. The van der Waals surface area contributed by atoms with Crippen molar-refractivity contribution < 1.29 is 13.9 Å². The molecule has 0 saturated heterocycles. The van der Waals surface area contributed by atoms with E-state index in [9.17, 15) is 4.79 Å². The number of fused-ring (bicyclic) bond motifs is 2. The van der Waals surface area contributed by atoms with Gasteiger partial charge in [0.2, 0.25) is 5.91 Å². The molecule has 1 N–H and O–H groups in total. The highest BCUT2D eigenvalue weighted by Crippen LogP contribution is 2.33. The lowest BCUT2D eigenvalue weighted by Gasteiger charge is -2.12. The van der Waals surface area contributed by atoms with E-state index in [1.54, 1.807) is 12.3 Å². The van der Waals surface area contributed by atoms with Crippen molar-refractivity contribution in [2.45, 2.75) is 27.7 Å². The normalized spacial score (nSPS) is 11.8. The molecule has 0 bridgehead atoms. The highest BCUT2D eigenvalue weighted by Gasteiger charge is 2.13. The van der Waals surface area contributed by atoms with Crippen LogP contribution in [0, 0.1) is 13.8 Å². The molecule has 0 aliphatic rings. The average molecular weight is 400 g/mol. The molecule has 0 spiro atoms. The fraction of sp³-hybridized carbons (Fsp3) is 0.200. The number of furan rings is 1. The Hall–Kier alpha value is -3.60. The van der Waals surface area contributed by atoms with Gasteiger partial charge in [-0.15, -0.1) is 0 Å². The molecule has 30 heavy (non-hydrogen) atoms. The lowest BCUT2D eigenvalue weighted by atomic mass is 10.0. The second-order valence-corrected chi connectivity index (χ2v) is 7.34. The monoisotopic (exact) mass is 400 g/mol. The molecule has 2 heterocycles. The SMILES string of the molecule is CCOc1cc2occ(C)c2cc1/C(C)=C/C(=O)Nc1cc(C)nc2ccccc12. The first-order chi connectivity index (χ1) is 14.5. The number of anilines is 1. The van der Waals surface area contributed by atoms with E-state index < -0.39 is 0 Å². The van der Waals surface area contributed by atoms with E-state index in [0.717, 1.165) is 50.0 Å². The van der Waals surface area contributed by atoms with E-state index in [4.69, 9.17) is 9.15 Å². The first kappa shape index (κ1) is 19.7. The lowest BCUT2D eigenvalue weighted by molar-refractivity contribution is -0.111. The Bertz CT molecular complexity index is 1280. The molecule has 4 rings (SSSR count). The van der Waals surface area contributed by atoms with Gasteiger partial charge in [0.1, 0.15) is 11.3 Å². The Kier molecular flexibility index (Phi) is 5.27. The Balaban J connectivity index is 1.69. The number of aryl methyl sites for hydroxylation is 2. The van der Waals surface area contributed by atoms with Crippen molar-refractivity contribution in [3.63, 3.8) is 0 Å². The number of hydrogen-bond acceptors (Lipinski definition) is 4. The summed E-state index contributed by atoms with van der Waals surface area (Å²) in [6, 6.07) is 13.6. The maximum Gasteiger partial charge on any atom is 0.248 e. The fourth-order valence-electron chi connectivity index (χ4n) is 3.62. The van der Waals surface area contributed by atoms with Crippen LogP contribution < -0.4 is 10.1 Å². The zero-order chi connectivity index (χ0) is 21.3. The molecular formula is C25H24N2O3. The predicted molar refractivity (Wildman–Crippen MR) is 121 cm³/mol. The third-order valence-electron chi connectivity index (χ3n) is 5.04. The molecule has 0 atom stereocenters. The molecule has 2 aromatic heterocycles. The number of carbonyl (C=O) groups is 1. The number of pyridine rings is 1. The largest absolute Gasteiger partial charge is 0.493 e. The van der Waals surface area contributed by atoms with Crippen molar-refractivity contribution in [2.24, 2.45) is 0 Å². The molecule has 1 amide bonds. The third kappa shape index (κ3) is 3.79. The van der Waals surface area contributed by atoms with Gasteiger partial charge < -0.3 is 14.5 Å². The van der Waals surface area contributed by atoms with Crippen LogP contribution in [0.3, 0.4) is 0 Å². The van der Waals surface area contributed by atoms with Gasteiger partial charge in [-0.25, -0.2) is 0 Å². The van der Waals surface area contributed by atoms with Crippen LogP contribution in [-0.4, -0.2) is 17.5 Å². The van der Waals surface area contributed by atoms with Crippen LogP contribution in [0.15, 0.2) is 59.2 Å². The van der Waals surface area contributed by atoms with Gasteiger partial charge in [-0.05, 0) is 57.0 Å². The Labute approximate surface area is 175 Å². The zero-order valence-corrected chi connectivity index (χ0v) is 17.6. The van der Waals surface area contributed by atoms with Gasteiger partial charge in [0.15, 0.2) is 0 Å². The van der Waals surface area contributed by atoms with Gasteiger partial charge in [0, 0.05) is 34.2 Å². The van der Waals surface area contributed by atoms with Crippen LogP contribution in [0.5, 0.6) is 5.75 Å². The maximum atomic E-state index is 12.8. The van der Waals surface area contributed by atoms with Crippen molar-refractivity contribution in [2.75, 3.05) is 11.9 Å².